The van der Waals surface area contributed by atoms with Gasteiger partial charge in [0.15, 0.2) is 11.3 Å². The van der Waals surface area contributed by atoms with Crippen LogP contribution in [0.25, 0.3) is 22.6 Å². The summed E-state index contributed by atoms with van der Waals surface area (Å²) in [6, 6.07) is 5.06. The molecule has 0 radical (unpaired) electrons. The molecule has 11 nitrogen and oxygen atoms in total. The zero-order valence-electron chi connectivity index (χ0n) is 21.2. The van der Waals surface area contributed by atoms with Gasteiger partial charge in [0.05, 0.1) is 35.0 Å². The van der Waals surface area contributed by atoms with Crippen LogP contribution in [0.4, 0.5) is 32.0 Å². The van der Waals surface area contributed by atoms with Crippen molar-refractivity contribution in [2.24, 2.45) is 0 Å². The van der Waals surface area contributed by atoms with Gasteiger partial charge >= 0.3 is 18.3 Å². The standard InChI is InChI=1S/C15H7F6N3O2.C8H12ClN2O4S2/c16-14(17,18)8-3-1-7(2-4-8)10-5-11(15(19,20)21)24-12(23-10)9(6-22-24)13(25)26;9-8-6(10)5-7(16-8)17(14,15)11(1-3-12)2-4-13/h1-6H,(H,25,26);5,10,12-13H,1-4H2/q;-1. The maximum atomic E-state index is 13.3. The quantitative estimate of drug-likeness (QED) is 0.215. The van der Waals surface area contributed by atoms with Gasteiger partial charge in [0.1, 0.15) is 9.77 Å². The molecule has 0 bridgehead atoms. The molecule has 0 saturated heterocycles. The van der Waals surface area contributed by atoms with Gasteiger partial charge in [-0.15, -0.1) is 17.0 Å². The number of hydrogen-bond acceptors (Lipinski definition) is 8. The number of sulfonamides is 1. The van der Waals surface area contributed by atoms with E-state index >= 15 is 0 Å². The van der Waals surface area contributed by atoms with E-state index in [0.29, 0.717) is 22.7 Å². The fourth-order valence-corrected chi connectivity index (χ4v) is 6.59. The van der Waals surface area contributed by atoms with Crippen LogP contribution in [0.5, 0.6) is 0 Å². The largest absolute Gasteiger partial charge is 0.697 e. The molecule has 1 aromatic carbocycles. The van der Waals surface area contributed by atoms with Crippen molar-refractivity contribution in [3.8, 4) is 11.3 Å². The average Bonchev–Trinajstić information content (AvgIpc) is 3.50. The van der Waals surface area contributed by atoms with Gasteiger partial charge in [-0.05, 0) is 24.3 Å². The number of alkyl halides is 6. The molecule has 3 heterocycles. The Labute approximate surface area is 247 Å². The molecule has 0 unspecified atom stereocenters. The highest BCUT2D eigenvalue weighted by Crippen LogP contribution is 2.37. The Balaban J connectivity index is 0.000000259. The predicted molar refractivity (Wildman–Crippen MR) is 142 cm³/mol. The Kier molecular flexibility index (Phi) is 10.3. The number of nitrogens with zero attached hydrogens (tertiary/aromatic N) is 4. The lowest BCUT2D eigenvalue weighted by Crippen LogP contribution is -2.35. The second kappa shape index (κ2) is 13.0. The van der Waals surface area contributed by atoms with Crippen LogP contribution in [0.1, 0.15) is 21.6 Å². The number of aliphatic hydroxyl groups excluding tert-OH is 2. The molecule has 0 saturated carbocycles. The first kappa shape index (κ1) is 34.0. The molecule has 0 amide bonds. The molecule has 234 valence electrons. The van der Waals surface area contributed by atoms with E-state index in [1.807, 2.05) is 0 Å². The summed E-state index contributed by atoms with van der Waals surface area (Å²) in [4.78, 5) is 15.0. The highest BCUT2D eigenvalue weighted by atomic mass is 35.5. The monoisotopic (exact) mass is 674 g/mol. The minimum atomic E-state index is -4.89. The smallest absolute Gasteiger partial charge is 0.433 e. The Hall–Kier alpha value is -3.49. The number of halogens is 7. The van der Waals surface area contributed by atoms with Gasteiger partial charge in [-0.3, -0.25) is 0 Å². The minimum Gasteiger partial charge on any atom is -0.697 e. The number of benzene rings is 1. The molecule has 0 spiro atoms. The molecular weight excluding hydrogens is 656 g/mol. The van der Waals surface area contributed by atoms with Crippen LogP contribution >= 0.6 is 22.9 Å². The predicted octanol–water partition coefficient (Wildman–Crippen LogP) is 5.19. The van der Waals surface area contributed by atoms with Crippen LogP contribution in [0.15, 0.2) is 46.8 Å². The molecule has 4 aromatic rings. The molecule has 4 N–H and O–H groups in total. The van der Waals surface area contributed by atoms with E-state index in [1.54, 1.807) is 0 Å². The number of aromatic nitrogens is 3. The molecule has 0 fully saturated rings. The Bertz CT molecular complexity index is 1680. The normalized spacial score (nSPS) is 12.4. The Morgan fingerprint density at radius 2 is 1.60 bits per heavy atom. The number of rotatable bonds is 8. The SMILES string of the molecule is O=C(O)c1cnn2c(C(F)(F)F)cc(-c3ccc(C(F)(F)F)cc3)nc12.[NH-]c1cc(S(=O)(=O)N(CCO)CCO)sc1Cl. The van der Waals surface area contributed by atoms with Gasteiger partial charge in [0.2, 0.25) is 0 Å². The Morgan fingerprint density at radius 1 is 1.02 bits per heavy atom. The summed E-state index contributed by atoms with van der Waals surface area (Å²) in [5, 5.41) is 30.0. The average molecular weight is 675 g/mol. The maximum absolute atomic E-state index is 13.3. The Morgan fingerprint density at radius 3 is 2.05 bits per heavy atom. The second-order valence-electron chi connectivity index (χ2n) is 8.30. The third-order valence-electron chi connectivity index (χ3n) is 5.46. The van der Waals surface area contributed by atoms with Crippen LogP contribution in [0, 0.1) is 0 Å². The van der Waals surface area contributed by atoms with E-state index < -0.39 is 50.8 Å². The lowest BCUT2D eigenvalue weighted by atomic mass is 10.1. The molecule has 3 aromatic heterocycles. The lowest BCUT2D eigenvalue weighted by molar-refractivity contribution is -0.142. The van der Waals surface area contributed by atoms with Crippen molar-refractivity contribution >= 4 is 50.3 Å². The molecular formula is C23H19ClF6N5O6S2-. The number of carbonyl (C=O) groups is 1. The zero-order chi connectivity index (χ0) is 32.3. The lowest BCUT2D eigenvalue weighted by Gasteiger charge is -2.18. The first-order valence-corrected chi connectivity index (χ1v) is 14.1. The number of thiophene rings is 1. The summed E-state index contributed by atoms with van der Waals surface area (Å²) in [6.07, 6.45) is -8.77. The number of fused-ring (bicyclic) bond motifs is 1. The van der Waals surface area contributed by atoms with Crippen molar-refractivity contribution in [2.45, 2.75) is 16.6 Å². The molecule has 20 heteroatoms. The van der Waals surface area contributed by atoms with Crippen LogP contribution in [-0.2, 0) is 22.4 Å². The van der Waals surface area contributed by atoms with Crippen LogP contribution in [0.2, 0.25) is 4.34 Å². The maximum Gasteiger partial charge on any atom is 0.433 e. The van der Waals surface area contributed by atoms with E-state index in [4.69, 9.17) is 32.7 Å². The number of aliphatic hydroxyl groups is 2. The van der Waals surface area contributed by atoms with Crippen molar-refractivity contribution in [1.82, 2.24) is 18.9 Å². The summed E-state index contributed by atoms with van der Waals surface area (Å²) < 4.78 is 103. The van der Waals surface area contributed by atoms with Crippen LogP contribution in [0.3, 0.4) is 0 Å². The van der Waals surface area contributed by atoms with Crippen molar-refractivity contribution in [3.63, 3.8) is 0 Å². The third-order valence-corrected chi connectivity index (χ3v) is 9.16. The summed E-state index contributed by atoms with van der Waals surface area (Å²) in [5.41, 5.74) is 3.53. The highest BCUT2D eigenvalue weighted by Gasteiger charge is 2.36. The van der Waals surface area contributed by atoms with Crippen LogP contribution in [-0.4, -0.2) is 74.9 Å². The molecule has 0 aliphatic carbocycles. The minimum absolute atomic E-state index is 0.0384. The number of aromatic carboxylic acids is 1. The van der Waals surface area contributed by atoms with E-state index in [1.165, 1.54) is 0 Å². The van der Waals surface area contributed by atoms with Crippen molar-refractivity contribution in [2.75, 3.05) is 26.3 Å². The highest BCUT2D eigenvalue weighted by molar-refractivity contribution is 7.91. The first-order chi connectivity index (χ1) is 19.9. The van der Waals surface area contributed by atoms with Crippen LogP contribution < -0.4 is 0 Å². The fourth-order valence-electron chi connectivity index (χ4n) is 3.47. The van der Waals surface area contributed by atoms with Gasteiger partial charge in [-0.2, -0.15) is 35.7 Å². The molecule has 0 aliphatic heterocycles. The van der Waals surface area contributed by atoms with Crippen molar-refractivity contribution in [3.05, 3.63) is 69.5 Å². The van der Waals surface area contributed by atoms with Crippen molar-refractivity contribution in [1.29, 1.82) is 0 Å². The number of carboxylic acid groups (broad SMARTS) is 1. The van der Waals surface area contributed by atoms with Gasteiger partial charge < -0.3 is 21.1 Å². The fraction of sp³-hybridized carbons (Fsp3) is 0.261. The molecule has 0 aliphatic rings. The van der Waals surface area contributed by atoms with Gasteiger partial charge in [0.25, 0.3) is 10.0 Å². The zero-order valence-corrected chi connectivity index (χ0v) is 23.6. The van der Waals surface area contributed by atoms with Gasteiger partial charge in [0, 0.05) is 18.7 Å². The van der Waals surface area contributed by atoms with Gasteiger partial charge in [-0.25, -0.2) is 22.7 Å². The van der Waals surface area contributed by atoms with E-state index in [-0.39, 0.29) is 51.8 Å². The molecule has 0 atom stereocenters. The topological polar surface area (TPSA) is 169 Å². The van der Waals surface area contributed by atoms with E-state index in [9.17, 15) is 39.6 Å². The summed E-state index contributed by atoms with van der Waals surface area (Å²) in [6.45, 7) is -0.893. The molecule has 43 heavy (non-hydrogen) atoms. The van der Waals surface area contributed by atoms with Gasteiger partial charge in [-0.1, -0.05) is 23.7 Å². The number of carboxylic acids is 1. The summed E-state index contributed by atoms with van der Waals surface area (Å²) in [5.74, 6) is -1.54. The van der Waals surface area contributed by atoms with Crippen molar-refractivity contribution < 1.29 is 54.9 Å². The molecule has 4 rings (SSSR count). The third kappa shape index (κ3) is 7.73. The van der Waals surface area contributed by atoms with E-state index in [0.717, 1.165) is 40.0 Å². The number of nitrogens with one attached hydrogen (secondary N) is 1. The van der Waals surface area contributed by atoms with E-state index in [2.05, 4.69) is 10.1 Å². The summed E-state index contributed by atoms with van der Waals surface area (Å²) in [7, 11) is -3.80. The number of hydrogen-bond donors (Lipinski definition) is 3. The first-order valence-electron chi connectivity index (χ1n) is 11.5. The summed E-state index contributed by atoms with van der Waals surface area (Å²) >= 11 is 6.43. The second-order valence-corrected chi connectivity index (χ2v) is 12.1.